The van der Waals surface area contributed by atoms with Crippen molar-refractivity contribution in [2.45, 2.75) is 18.9 Å². The molecule has 1 aliphatic rings. The molecular weight excluding hydrogens is 217 g/mol. The molecule has 0 aromatic heterocycles. The average Bonchev–Trinajstić information content (AvgIpc) is 2.39. The molecule has 1 N–H and O–H groups in total. The lowest BCUT2D eigenvalue weighted by molar-refractivity contribution is 0.315. The van der Waals surface area contributed by atoms with Crippen molar-refractivity contribution in [1.82, 2.24) is 5.32 Å². The van der Waals surface area contributed by atoms with Crippen molar-refractivity contribution in [2.24, 2.45) is 0 Å². The second kappa shape index (κ2) is 4.37. The second-order valence-electron chi connectivity index (χ2n) is 3.64. The number of hydrogen-bond acceptors (Lipinski definition) is 2. The third-order valence-electron chi connectivity index (χ3n) is 2.64. The lowest BCUT2D eigenvalue weighted by Crippen LogP contribution is -2.15. The van der Waals surface area contributed by atoms with E-state index in [9.17, 15) is 4.39 Å². The van der Waals surface area contributed by atoms with Crippen LogP contribution in [0.15, 0.2) is 12.1 Å². The van der Waals surface area contributed by atoms with Crippen molar-refractivity contribution in [3.8, 4) is 5.75 Å². The first kappa shape index (κ1) is 10.7. The van der Waals surface area contributed by atoms with Gasteiger partial charge >= 0.3 is 0 Å². The fourth-order valence-electron chi connectivity index (χ4n) is 1.91. The summed E-state index contributed by atoms with van der Waals surface area (Å²) in [6.07, 6.45) is 1.88. The smallest absolute Gasteiger partial charge is 0.142 e. The highest BCUT2D eigenvalue weighted by Crippen LogP contribution is 2.37. The fraction of sp³-hybridized carbons (Fsp3) is 0.455. The molecular formula is C11H13ClFNO. The normalized spacial score (nSPS) is 20.3. The maximum atomic E-state index is 13.2. The first-order chi connectivity index (χ1) is 7.22. The SMILES string of the molecule is CNC1CCCOc2c(Cl)cc(F)cc21. The molecule has 1 unspecified atom stereocenters. The van der Waals surface area contributed by atoms with Crippen LogP contribution < -0.4 is 10.1 Å². The lowest BCUT2D eigenvalue weighted by atomic mass is 10.0. The van der Waals surface area contributed by atoms with Crippen LogP contribution in [0.25, 0.3) is 0 Å². The first-order valence-corrected chi connectivity index (χ1v) is 5.39. The van der Waals surface area contributed by atoms with Gasteiger partial charge in [0.25, 0.3) is 0 Å². The Kier molecular flexibility index (Phi) is 3.12. The summed E-state index contributed by atoms with van der Waals surface area (Å²) in [5.41, 5.74) is 0.819. The maximum Gasteiger partial charge on any atom is 0.142 e. The Morgan fingerprint density at radius 1 is 1.53 bits per heavy atom. The zero-order chi connectivity index (χ0) is 10.8. The van der Waals surface area contributed by atoms with E-state index in [0.717, 1.165) is 18.4 Å². The van der Waals surface area contributed by atoms with E-state index in [-0.39, 0.29) is 11.9 Å². The molecule has 0 bridgehead atoms. The molecule has 0 saturated heterocycles. The zero-order valence-corrected chi connectivity index (χ0v) is 9.27. The second-order valence-corrected chi connectivity index (χ2v) is 4.05. The number of hydrogen-bond donors (Lipinski definition) is 1. The Hall–Kier alpha value is -0.800. The van der Waals surface area contributed by atoms with Gasteiger partial charge in [0.2, 0.25) is 0 Å². The van der Waals surface area contributed by atoms with E-state index in [1.165, 1.54) is 12.1 Å². The lowest BCUT2D eigenvalue weighted by Gasteiger charge is -2.16. The predicted octanol–water partition coefficient (Wildman–Crippen LogP) is 2.91. The van der Waals surface area contributed by atoms with Crippen molar-refractivity contribution in [3.05, 3.63) is 28.5 Å². The van der Waals surface area contributed by atoms with Gasteiger partial charge in [-0.25, -0.2) is 4.39 Å². The summed E-state index contributed by atoms with van der Waals surface area (Å²) in [6.45, 7) is 0.635. The summed E-state index contributed by atoms with van der Waals surface area (Å²) in [5.74, 6) is 0.305. The third-order valence-corrected chi connectivity index (χ3v) is 2.93. The summed E-state index contributed by atoms with van der Waals surface area (Å²) in [6, 6.07) is 2.90. The van der Waals surface area contributed by atoms with Crippen LogP contribution >= 0.6 is 11.6 Å². The summed E-state index contributed by atoms with van der Waals surface area (Å²) in [5, 5.41) is 3.50. The molecule has 0 saturated carbocycles. The Morgan fingerprint density at radius 3 is 3.07 bits per heavy atom. The highest BCUT2D eigenvalue weighted by Gasteiger charge is 2.21. The average molecular weight is 230 g/mol. The molecule has 82 valence electrons. The van der Waals surface area contributed by atoms with E-state index in [4.69, 9.17) is 16.3 Å². The number of benzene rings is 1. The van der Waals surface area contributed by atoms with Gasteiger partial charge < -0.3 is 10.1 Å². The van der Waals surface area contributed by atoms with E-state index >= 15 is 0 Å². The van der Waals surface area contributed by atoms with Crippen LogP contribution in [-0.2, 0) is 0 Å². The molecule has 15 heavy (non-hydrogen) atoms. The van der Waals surface area contributed by atoms with Gasteiger partial charge in [-0.15, -0.1) is 0 Å². The van der Waals surface area contributed by atoms with Gasteiger partial charge in [0.05, 0.1) is 11.6 Å². The van der Waals surface area contributed by atoms with E-state index < -0.39 is 0 Å². The molecule has 1 aliphatic heterocycles. The fourth-order valence-corrected chi connectivity index (χ4v) is 2.18. The highest BCUT2D eigenvalue weighted by atomic mass is 35.5. The summed E-state index contributed by atoms with van der Waals surface area (Å²) < 4.78 is 18.8. The molecule has 1 aromatic carbocycles. The zero-order valence-electron chi connectivity index (χ0n) is 8.52. The van der Waals surface area contributed by atoms with Crippen LogP contribution in [0.5, 0.6) is 5.75 Å². The van der Waals surface area contributed by atoms with Gasteiger partial charge in [0.15, 0.2) is 0 Å². The molecule has 1 atom stereocenters. The monoisotopic (exact) mass is 229 g/mol. The van der Waals surface area contributed by atoms with Crippen molar-refractivity contribution < 1.29 is 9.13 Å². The quantitative estimate of drug-likeness (QED) is 0.800. The van der Waals surface area contributed by atoms with E-state index in [0.29, 0.717) is 17.4 Å². The largest absolute Gasteiger partial charge is 0.492 e. The van der Waals surface area contributed by atoms with Gasteiger partial charge in [-0.3, -0.25) is 0 Å². The summed E-state index contributed by atoms with van der Waals surface area (Å²) >= 11 is 5.95. The molecule has 4 heteroatoms. The highest BCUT2D eigenvalue weighted by molar-refractivity contribution is 6.32. The van der Waals surface area contributed by atoms with Crippen LogP contribution in [0.1, 0.15) is 24.4 Å². The molecule has 0 radical (unpaired) electrons. The van der Waals surface area contributed by atoms with Crippen molar-refractivity contribution in [1.29, 1.82) is 0 Å². The van der Waals surface area contributed by atoms with Crippen LogP contribution in [0.4, 0.5) is 4.39 Å². The minimum atomic E-state index is -0.315. The van der Waals surface area contributed by atoms with Gasteiger partial charge in [-0.1, -0.05) is 11.6 Å². The number of ether oxygens (including phenoxy) is 1. The number of nitrogens with one attached hydrogen (secondary N) is 1. The van der Waals surface area contributed by atoms with Gasteiger partial charge in [0.1, 0.15) is 11.6 Å². The Bertz CT molecular complexity index is 370. The molecule has 2 rings (SSSR count). The molecule has 0 amide bonds. The number of fused-ring (bicyclic) bond motifs is 1. The minimum Gasteiger partial charge on any atom is -0.492 e. The number of rotatable bonds is 1. The van der Waals surface area contributed by atoms with Gasteiger partial charge in [0, 0.05) is 11.6 Å². The number of halogens is 2. The van der Waals surface area contributed by atoms with E-state index in [1.54, 1.807) is 0 Å². The summed E-state index contributed by atoms with van der Waals surface area (Å²) in [4.78, 5) is 0. The maximum absolute atomic E-state index is 13.2. The van der Waals surface area contributed by atoms with Crippen molar-refractivity contribution in [3.63, 3.8) is 0 Å². The molecule has 0 aliphatic carbocycles. The molecule has 1 aromatic rings. The van der Waals surface area contributed by atoms with Crippen molar-refractivity contribution >= 4 is 11.6 Å². The topological polar surface area (TPSA) is 21.3 Å². The van der Waals surface area contributed by atoms with Crippen molar-refractivity contribution in [2.75, 3.05) is 13.7 Å². The van der Waals surface area contributed by atoms with E-state index in [2.05, 4.69) is 5.32 Å². The van der Waals surface area contributed by atoms with Crippen LogP contribution in [0.3, 0.4) is 0 Å². The van der Waals surface area contributed by atoms with Crippen LogP contribution in [0.2, 0.25) is 5.02 Å². The standard InChI is InChI=1S/C11H13ClFNO/c1-14-10-3-2-4-15-11-8(10)5-7(13)6-9(11)12/h5-6,10,14H,2-4H2,1H3. The molecule has 2 nitrogen and oxygen atoms in total. The Balaban J connectivity index is 2.50. The van der Waals surface area contributed by atoms with E-state index in [1.807, 2.05) is 7.05 Å². The molecule has 1 heterocycles. The minimum absolute atomic E-state index is 0.121. The first-order valence-electron chi connectivity index (χ1n) is 5.01. The van der Waals surface area contributed by atoms with Crippen LogP contribution in [-0.4, -0.2) is 13.7 Å². The Morgan fingerprint density at radius 2 is 2.33 bits per heavy atom. The van der Waals surface area contributed by atoms with Crippen LogP contribution in [0, 0.1) is 5.82 Å². The third kappa shape index (κ3) is 2.08. The van der Waals surface area contributed by atoms with Gasteiger partial charge in [-0.05, 0) is 32.0 Å². The molecule has 0 fully saturated rings. The predicted molar refractivity (Wildman–Crippen MR) is 57.9 cm³/mol. The molecule has 0 spiro atoms. The van der Waals surface area contributed by atoms with Gasteiger partial charge in [-0.2, -0.15) is 0 Å². The summed E-state index contributed by atoms with van der Waals surface area (Å²) in [7, 11) is 1.86. The Labute approximate surface area is 93.4 Å².